The van der Waals surface area contributed by atoms with Crippen molar-refractivity contribution in [1.82, 2.24) is 10.3 Å². The molecule has 1 atom stereocenters. The summed E-state index contributed by atoms with van der Waals surface area (Å²) >= 11 is 0. The lowest BCUT2D eigenvalue weighted by Crippen LogP contribution is -2.43. The highest BCUT2D eigenvalue weighted by atomic mass is 15.0. The van der Waals surface area contributed by atoms with Crippen LogP contribution in [0.3, 0.4) is 0 Å². The van der Waals surface area contributed by atoms with E-state index in [1.54, 1.807) is 0 Å². The van der Waals surface area contributed by atoms with E-state index in [-0.39, 0.29) is 0 Å². The van der Waals surface area contributed by atoms with Crippen LogP contribution in [0.15, 0.2) is 18.3 Å². The van der Waals surface area contributed by atoms with Crippen LogP contribution in [0, 0.1) is 5.92 Å². The van der Waals surface area contributed by atoms with Gasteiger partial charge < -0.3 is 5.32 Å². The smallest absolute Gasteiger partial charge is 0.0605 e. The maximum atomic E-state index is 4.57. The summed E-state index contributed by atoms with van der Waals surface area (Å²) in [6.07, 6.45) is 8.40. The first-order chi connectivity index (χ1) is 7.83. The van der Waals surface area contributed by atoms with E-state index in [1.165, 1.54) is 43.4 Å². The van der Waals surface area contributed by atoms with Crippen molar-refractivity contribution in [3.05, 3.63) is 29.6 Å². The molecule has 0 spiro atoms. The molecule has 0 radical (unpaired) electrons. The van der Waals surface area contributed by atoms with Gasteiger partial charge in [-0.2, -0.15) is 0 Å². The van der Waals surface area contributed by atoms with Crippen LogP contribution < -0.4 is 5.32 Å². The summed E-state index contributed by atoms with van der Waals surface area (Å²) in [5.41, 5.74) is 2.77. The Kier molecular flexibility index (Phi) is 2.68. The first-order valence-corrected chi connectivity index (χ1v) is 6.53. The average molecular weight is 216 g/mol. The third-order valence-electron chi connectivity index (χ3n) is 4.01. The fraction of sp³-hybridized carbons (Fsp3) is 0.643. The monoisotopic (exact) mass is 216 g/mol. The molecule has 2 nitrogen and oxygen atoms in total. The second-order valence-corrected chi connectivity index (χ2v) is 5.43. The SMILES string of the molecule is CC1CC(NC2CCCc3cccnc32)C1. The van der Waals surface area contributed by atoms with Crippen LogP contribution in [0.4, 0.5) is 0 Å². The topological polar surface area (TPSA) is 24.9 Å². The van der Waals surface area contributed by atoms with Crippen LogP contribution in [0.2, 0.25) is 0 Å². The molecule has 0 aromatic carbocycles. The number of pyridine rings is 1. The van der Waals surface area contributed by atoms with Crippen LogP contribution in [0.25, 0.3) is 0 Å². The van der Waals surface area contributed by atoms with Crippen LogP contribution in [0.5, 0.6) is 0 Å². The molecule has 2 aliphatic carbocycles. The Labute approximate surface area is 97.5 Å². The highest BCUT2D eigenvalue weighted by Crippen LogP contribution is 2.33. The third kappa shape index (κ3) is 1.86. The molecule has 3 rings (SSSR count). The van der Waals surface area contributed by atoms with Gasteiger partial charge in [0.1, 0.15) is 0 Å². The molecule has 1 unspecified atom stereocenters. The zero-order valence-corrected chi connectivity index (χ0v) is 9.95. The number of nitrogens with zero attached hydrogens (tertiary/aromatic N) is 1. The van der Waals surface area contributed by atoms with E-state index in [0.29, 0.717) is 6.04 Å². The van der Waals surface area contributed by atoms with Crippen molar-refractivity contribution in [3.63, 3.8) is 0 Å². The third-order valence-corrected chi connectivity index (χ3v) is 4.01. The fourth-order valence-electron chi connectivity index (χ4n) is 3.09. The maximum absolute atomic E-state index is 4.57. The minimum Gasteiger partial charge on any atom is -0.306 e. The lowest BCUT2D eigenvalue weighted by atomic mass is 9.80. The van der Waals surface area contributed by atoms with E-state index < -0.39 is 0 Å². The lowest BCUT2D eigenvalue weighted by Gasteiger charge is -2.38. The van der Waals surface area contributed by atoms with E-state index in [9.17, 15) is 0 Å². The molecule has 0 aliphatic heterocycles. The first kappa shape index (κ1) is 10.3. The highest BCUT2D eigenvalue weighted by molar-refractivity contribution is 5.25. The number of fused-ring (bicyclic) bond motifs is 1. The van der Waals surface area contributed by atoms with Gasteiger partial charge in [0.15, 0.2) is 0 Å². The molecule has 2 heteroatoms. The van der Waals surface area contributed by atoms with E-state index in [0.717, 1.165) is 12.0 Å². The van der Waals surface area contributed by atoms with Gasteiger partial charge in [-0.25, -0.2) is 0 Å². The van der Waals surface area contributed by atoms with E-state index in [1.807, 2.05) is 6.20 Å². The molecule has 0 saturated heterocycles. The predicted octanol–water partition coefficient (Wildman–Crippen LogP) is 2.85. The maximum Gasteiger partial charge on any atom is 0.0605 e. The second kappa shape index (κ2) is 4.17. The van der Waals surface area contributed by atoms with Crippen molar-refractivity contribution < 1.29 is 0 Å². The van der Waals surface area contributed by atoms with Gasteiger partial charge in [0.25, 0.3) is 0 Å². The fourth-order valence-corrected chi connectivity index (χ4v) is 3.09. The molecule has 2 aliphatic rings. The molecule has 1 N–H and O–H groups in total. The Morgan fingerprint density at radius 2 is 2.25 bits per heavy atom. The molecule has 86 valence electrons. The molecule has 1 saturated carbocycles. The van der Waals surface area contributed by atoms with Gasteiger partial charge in [0.05, 0.1) is 5.69 Å². The summed E-state index contributed by atoms with van der Waals surface area (Å²) < 4.78 is 0. The molecular formula is C14H20N2. The number of rotatable bonds is 2. The molecule has 0 bridgehead atoms. The molecule has 1 aromatic rings. The largest absolute Gasteiger partial charge is 0.306 e. The molecular weight excluding hydrogens is 196 g/mol. The number of hydrogen-bond donors (Lipinski definition) is 1. The zero-order valence-electron chi connectivity index (χ0n) is 9.95. The van der Waals surface area contributed by atoms with Crippen molar-refractivity contribution in [1.29, 1.82) is 0 Å². The number of aryl methyl sites for hydroxylation is 1. The van der Waals surface area contributed by atoms with Crippen molar-refractivity contribution in [2.75, 3.05) is 0 Å². The second-order valence-electron chi connectivity index (χ2n) is 5.43. The van der Waals surface area contributed by atoms with Gasteiger partial charge in [-0.15, -0.1) is 0 Å². The zero-order chi connectivity index (χ0) is 11.0. The Balaban J connectivity index is 1.72. The Morgan fingerprint density at radius 3 is 3.06 bits per heavy atom. The van der Waals surface area contributed by atoms with Crippen LogP contribution in [0.1, 0.15) is 49.9 Å². The molecule has 1 heterocycles. The number of aromatic nitrogens is 1. The van der Waals surface area contributed by atoms with Gasteiger partial charge in [0.2, 0.25) is 0 Å². The summed E-state index contributed by atoms with van der Waals surface area (Å²) in [6, 6.07) is 5.56. The highest BCUT2D eigenvalue weighted by Gasteiger charge is 2.29. The normalized spacial score (nSPS) is 32.9. The quantitative estimate of drug-likeness (QED) is 0.822. The standard InChI is InChI=1S/C14H20N2/c1-10-8-12(9-10)16-13-6-2-4-11-5-3-7-15-14(11)13/h3,5,7,10,12-13,16H,2,4,6,8-9H2,1H3. The van der Waals surface area contributed by atoms with Gasteiger partial charge in [-0.3, -0.25) is 4.98 Å². The molecule has 1 aromatic heterocycles. The van der Waals surface area contributed by atoms with Gasteiger partial charge >= 0.3 is 0 Å². The number of nitrogens with one attached hydrogen (secondary N) is 1. The molecule has 1 fully saturated rings. The van der Waals surface area contributed by atoms with Crippen molar-refractivity contribution in [2.24, 2.45) is 5.92 Å². The predicted molar refractivity (Wildman–Crippen MR) is 65.2 cm³/mol. The first-order valence-electron chi connectivity index (χ1n) is 6.53. The molecule has 0 amide bonds. The lowest BCUT2D eigenvalue weighted by molar-refractivity contribution is 0.214. The van der Waals surface area contributed by atoms with Crippen molar-refractivity contribution in [3.8, 4) is 0 Å². The van der Waals surface area contributed by atoms with Crippen molar-refractivity contribution >= 4 is 0 Å². The Hall–Kier alpha value is -0.890. The summed E-state index contributed by atoms with van der Waals surface area (Å²) in [7, 11) is 0. The summed E-state index contributed by atoms with van der Waals surface area (Å²) in [4.78, 5) is 4.57. The van der Waals surface area contributed by atoms with Crippen LogP contribution in [-0.2, 0) is 6.42 Å². The van der Waals surface area contributed by atoms with Gasteiger partial charge in [-0.1, -0.05) is 13.0 Å². The van der Waals surface area contributed by atoms with Crippen molar-refractivity contribution in [2.45, 2.75) is 51.1 Å². The summed E-state index contributed by atoms with van der Waals surface area (Å²) in [5, 5.41) is 3.78. The number of hydrogen-bond acceptors (Lipinski definition) is 2. The minimum atomic E-state index is 0.516. The van der Waals surface area contributed by atoms with Crippen LogP contribution in [-0.4, -0.2) is 11.0 Å². The van der Waals surface area contributed by atoms with Crippen LogP contribution >= 0.6 is 0 Å². The van der Waals surface area contributed by atoms with E-state index >= 15 is 0 Å². The average Bonchev–Trinajstić information content (AvgIpc) is 2.27. The van der Waals surface area contributed by atoms with E-state index in [2.05, 4.69) is 29.4 Å². The van der Waals surface area contributed by atoms with Gasteiger partial charge in [0, 0.05) is 18.3 Å². The summed E-state index contributed by atoms with van der Waals surface area (Å²) in [5.74, 6) is 0.921. The van der Waals surface area contributed by atoms with E-state index in [4.69, 9.17) is 0 Å². The minimum absolute atomic E-state index is 0.516. The summed E-state index contributed by atoms with van der Waals surface area (Å²) in [6.45, 7) is 2.34. The Morgan fingerprint density at radius 1 is 1.38 bits per heavy atom. The molecule has 16 heavy (non-hydrogen) atoms. The van der Waals surface area contributed by atoms with Gasteiger partial charge in [-0.05, 0) is 49.7 Å². The Bertz CT molecular complexity index is 369.